The number of carbonyl (C=O) groups is 1. The number of rotatable bonds is 2. The molecule has 0 aliphatic carbocycles. The first-order chi connectivity index (χ1) is 5.45. The van der Waals surface area contributed by atoms with Gasteiger partial charge in [0.05, 0.1) is 0 Å². The van der Waals surface area contributed by atoms with Crippen molar-refractivity contribution in [2.45, 2.75) is 13.8 Å². The Balaban J connectivity index is 0. The standard InChI is InChI=1S/C5H11N3.C2H4O2/c1-3-8(4-2)5(6)7;1-2(3)4/h3H,1,4H2,2H3,(H3,6,7);1H3,(H,3,4). The first-order valence-corrected chi connectivity index (χ1v) is 3.38. The Bertz CT molecular complexity index is 164. The molecule has 0 spiro atoms. The monoisotopic (exact) mass is 173 g/mol. The van der Waals surface area contributed by atoms with Gasteiger partial charge in [0.25, 0.3) is 5.97 Å². The molecule has 5 heteroatoms. The fourth-order valence-electron chi connectivity index (χ4n) is 0.398. The molecule has 0 aliphatic rings. The average molecular weight is 173 g/mol. The minimum Gasteiger partial charge on any atom is -0.481 e. The van der Waals surface area contributed by atoms with E-state index in [0.717, 1.165) is 6.92 Å². The van der Waals surface area contributed by atoms with Crippen LogP contribution in [0, 0.1) is 5.41 Å². The normalized spacial score (nSPS) is 7.50. The van der Waals surface area contributed by atoms with E-state index in [1.807, 2.05) is 6.92 Å². The Labute approximate surface area is 72.0 Å². The van der Waals surface area contributed by atoms with Crippen LogP contribution in [0.1, 0.15) is 13.8 Å². The molecule has 5 nitrogen and oxygen atoms in total. The van der Waals surface area contributed by atoms with Crippen molar-refractivity contribution >= 4 is 11.9 Å². The second kappa shape index (κ2) is 7.59. The second-order valence-electron chi connectivity index (χ2n) is 1.87. The molecule has 70 valence electrons. The molecular weight excluding hydrogens is 158 g/mol. The summed E-state index contributed by atoms with van der Waals surface area (Å²) in [4.78, 5) is 10.5. The van der Waals surface area contributed by atoms with E-state index >= 15 is 0 Å². The Morgan fingerprint density at radius 3 is 2.17 bits per heavy atom. The highest BCUT2D eigenvalue weighted by Crippen LogP contribution is 1.82. The van der Waals surface area contributed by atoms with Gasteiger partial charge < -0.3 is 15.7 Å². The zero-order valence-electron chi connectivity index (χ0n) is 7.37. The van der Waals surface area contributed by atoms with Crippen LogP contribution in [0.4, 0.5) is 0 Å². The predicted molar refractivity (Wildman–Crippen MR) is 47.8 cm³/mol. The average Bonchev–Trinajstić information content (AvgIpc) is 1.87. The number of carboxylic acid groups (broad SMARTS) is 1. The van der Waals surface area contributed by atoms with Crippen LogP contribution in [-0.2, 0) is 4.79 Å². The zero-order valence-corrected chi connectivity index (χ0v) is 7.37. The molecule has 0 atom stereocenters. The summed E-state index contributed by atoms with van der Waals surface area (Å²) in [6.07, 6.45) is 1.53. The van der Waals surface area contributed by atoms with Crippen molar-refractivity contribution < 1.29 is 9.90 Å². The van der Waals surface area contributed by atoms with Gasteiger partial charge in [-0.05, 0) is 13.1 Å². The number of hydrogen-bond donors (Lipinski definition) is 3. The number of guanidine groups is 1. The lowest BCUT2D eigenvalue weighted by Gasteiger charge is -2.13. The van der Waals surface area contributed by atoms with Gasteiger partial charge in [0.15, 0.2) is 5.96 Å². The van der Waals surface area contributed by atoms with E-state index in [9.17, 15) is 0 Å². The third-order valence-corrected chi connectivity index (χ3v) is 0.871. The third kappa shape index (κ3) is 11.3. The van der Waals surface area contributed by atoms with Gasteiger partial charge in [0, 0.05) is 13.5 Å². The minimum atomic E-state index is -0.833. The molecule has 0 amide bonds. The summed E-state index contributed by atoms with van der Waals surface area (Å²) in [7, 11) is 0. The maximum atomic E-state index is 9.00. The fraction of sp³-hybridized carbons (Fsp3) is 0.429. The van der Waals surface area contributed by atoms with Crippen molar-refractivity contribution in [3.05, 3.63) is 12.8 Å². The van der Waals surface area contributed by atoms with Crippen molar-refractivity contribution in [2.75, 3.05) is 6.54 Å². The van der Waals surface area contributed by atoms with Crippen LogP contribution in [0.15, 0.2) is 12.8 Å². The summed E-state index contributed by atoms with van der Waals surface area (Å²) in [6.45, 7) is 7.15. The number of nitrogens with one attached hydrogen (secondary N) is 1. The lowest BCUT2D eigenvalue weighted by Crippen LogP contribution is -2.31. The molecule has 0 aromatic carbocycles. The van der Waals surface area contributed by atoms with Crippen LogP contribution in [0.3, 0.4) is 0 Å². The van der Waals surface area contributed by atoms with Crippen LogP contribution < -0.4 is 5.73 Å². The minimum absolute atomic E-state index is 0.0440. The summed E-state index contributed by atoms with van der Waals surface area (Å²) >= 11 is 0. The molecule has 0 saturated heterocycles. The van der Waals surface area contributed by atoms with Crippen molar-refractivity contribution in [2.24, 2.45) is 5.73 Å². The summed E-state index contributed by atoms with van der Waals surface area (Å²) in [5.41, 5.74) is 5.10. The van der Waals surface area contributed by atoms with Gasteiger partial charge in [-0.3, -0.25) is 10.2 Å². The summed E-state index contributed by atoms with van der Waals surface area (Å²) in [6, 6.07) is 0. The van der Waals surface area contributed by atoms with Crippen molar-refractivity contribution in [1.29, 1.82) is 5.41 Å². The predicted octanol–water partition coefficient (Wildman–Crippen LogP) is 0.436. The van der Waals surface area contributed by atoms with E-state index in [2.05, 4.69) is 6.58 Å². The zero-order chi connectivity index (χ0) is 10.1. The highest BCUT2D eigenvalue weighted by atomic mass is 16.4. The highest BCUT2D eigenvalue weighted by molar-refractivity contribution is 5.75. The first kappa shape index (κ1) is 13.1. The molecule has 0 aromatic rings. The maximum Gasteiger partial charge on any atom is 0.300 e. The van der Waals surface area contributed by atoms with Gasteiger partial charge in [-0.15, -0.1) is 0 Å². The second-order valence-corrected chi connectivity index (χ2v) is 1.87. The Hall–Kier alpha value is -1.52. The van der Waals surface area contributed by atoms with Crippen LogP contribution >= 0.6 is 0 Å². The fourth-order valence-corrected chi connectivity index (χ4v) is 0.398. The lowest BCUT2D eigenvalue weighted by atomic mass is 10.6. The molecule has 0 heterocycles. The number of hydrogen-bond acceptors (Lipinski definition) is 2. The van der Waals surface area contributed by atoms with Gasteiger partial charge in [0.2, 0.25) is 0 Å². The van der Waals surface area contributed by atoms with Crippen LogP contribution in [0.25, 0.3) is 0 Å². The third-order valence-electron chi connectivity index (χ3n) is 0.871. The van der Waals surface area contributed by atoms with E-state index in [1.54, 1.807) is 4.90 Å². The highest BCUT2D eigenvalue weighted by Gasteiger charge is 1.93. The summed E-state index contributed by atoms with van der Waals surface area (Å²) in [5.74, 6) is -0.789. The van der Waals surface area contributed by atoms with Gasteiger partial charge in [-0.2, -0.15) is 0 Å². The quantitative estimate of drug-likeness (QED) is 0.417. The Kier molecular flexibility index (Phi) is 8.28. The molecule has 0 bridgehead atoms. The SMILES string of the molecule is C=CN(CC)C(=N)N.CC(=O)O. The van der Waals surface area contributed by atoms with Crippen molar-refractivity contribution in [3.63, 3.8) is 0 Å². The molecule has 0 saturated carbocycles. The summed E-state index contributed by atoms with van der Waals surface area (Å²) < 4.78 is 0. The van der Waals surface area contributed by atoms with Gasteiger partial charge in [0.1, 0.15) is 0 Å². The topological polar surface area (TPSA) is 90.4 Å². The smallest absolute Gasteiger partial charge is 0.300 e. The molecule has 4 N–H and O–H groups in total. The van der Waals surface area contributed by atoms with E-state index in [0.29, 0.717) is 6.54 Å². The molecule has 12 heavy (non-hydrogen) atoms. The van der Waals surface area contributed by atoms with E-state index < -0.39 is 5.97 Å². The molecule has 0 fully saturated rings. The van der Waals surface area contributed by atoms with E-state index in [-0.39, 0.29) is 5.96 Å². The van der Waals surface area contributed by atoms with Gasteiger partial charge in [-0.1, -0.05) is 6.58 Å². The number of carboxylic acids is 1. The molecule has 0 rings (SSSR count). The maximum absolute atomic E-state index is 9.00. The van der Waals surface area contributed by atoms with Crippen LogP contribution in [0.2, 0.25) is 0 Å². The van der Waals surface area contributed by atoms with Crippen LogP contribution in [0.5, 0.6) is 0 Å². The summed E-state index contributed by atoms with van der Waals surface area (Å²) in [5, 5.41) is 14.3. The number of aliphatic carboxylic acids is 1. The Morgan fingerprint density at radius 2 is 2.17 bits per heavy atom. The number of nitrogens with zero attached hydrogens (tertiary/aromatic N) is 1. The van der Waals surface area contributed by atoms with Crippen molar-refractivity contribution in [1.82, 2.24) is 4.90 Å². The van der Waals surface area contributed by atoms with Crippen LogP contribution in [-0.4, -0.2) is 28.5 Å². The van der Waals surface area contributed by atoms with E-state index in [1.165, 1.54) is 6.20 Å². The Morgan fingerprint density at radius 1 is 1.83 bits per heavy atom. The molecular formula is C7H15N3O2. The largest absolute Gasteiger partial charge is 0.481 e. The first-order valence-electron chi connectivity index (χ1n) is 3.38. The number of nitrogens with two attached hydrogens (primary N) is 1. The van der Waals surface area contributed by atoms with Crippen molar-refractivity contribution in [3.8, 4) is 0 Å². The van der Waals surface area contributed by atoms with Gasteiger partial charge >= 0.3 is 0 Å². The van der Waals surface area contributed by atoms with Gasteiger partial charge in [-0.25, -0.2) is 0 Å². The molecule has 0 unspecified atom stereocenters. The van der Waals surface area contributed by atoms with E-state index in [4.69, 9.17) is 21.0 Å². The molecule has 0 aromatic heterocycles. The lowest BCUT2D eigenvalue weighted by molar-refractivity contribution is -0.134. The molecule has 0 radical (unpaired) electrons. The molecule has 0 aliphatic heterocycles.